The average Bonchev–Trinajstić information content (AvgIpc) is 3.35. The van der Waals surface area contributed by atoms with Crippen LogP contribution in [-0.4, -0.2) is 80.9 Å². The summed E-state index contributed by atoms with van der Waals surface area (Å²) in [6, 6.07) is 8.92. The maximum Gasteiger partial charge on any atom is 0.409 e. The first-order valence-electron chi connectivity index (χ1n) is 12.0. The SMILES string of the molecule is CCNC(=NCC(c1ccc(OC)cc1)N1CCCC1)NC1CCN(C(=O)OCC)CC1.I. The predicted molar refractivity (Wildman–Crippen MR) is 143 cm³/mol. The van der Waals surface area contributed by atoms with E-state index in [1.807, 2.05) is 19.1 Å². The second-order valence-corrected chi connectivity index (χ2v) is 8.36. The zero-order valence-electron chi connectivity index (χ0n) is 20.2. The van der Waals surface area contributed by atoms with Gasteiger partial charge in [0.05, 0.1) is 26.3 Å². The molecule has 33 heavy (non-hydrogen) atoms. The van der Waals surface area contributed by atoms with Crippen LogP contribution in [-0.2, 0) is 4.74 Å². The number of carbonyl (C=O) groups is 1. The molecule has 2 heterocycles. The smallest absolute Gasteiger partial charge is 0.409 e. The number of aliphatic imine (C=N–C) groups is 1. The molecule has 0 spiro atoms. The van der Waals surface area contributed by atoms with Gasteiger partial charge in [0.2, 0.25) is 0 Å². The van der Waals surface area contributed by atoms with Crippen LogP contribution in [0.5, 0.6) is 5.75 Å². The summed E-state index contributed by atoms with van der Waals surface area (Å²) in [6.45, 7) is 9.49. The molecular weight excluding hydrogens is 533 g/mol. The molecule has 3 rings (SSSR count). The van der Waals surface area contributed by atoms with Crippen molar-refractivity contribution >= 4 is 36.0 Å². The number of ether oxygens (including phenoxy) is 2. The van der Waals surface area contributed by atoms with Crippen molar-refractivity contribution in [3.8, 4) is 5.75 Å². The fourth-order valence-corrected chi connectivity index (χ4v) is 4.42. The highest BCUT2D eigenvalue weighted by molar-refractivity contribution is 14.0. The molecule has 0 aliphatic carbocycles. The van der Waals surface area contributed by atoms with Crippen molar-refractivity contribution in [1.82, 2.24) is 20.4 Å². The van der Waals surface area contributed by atoms with E-state index in [0.717, 1.165) is 44.2 Å². The van der Waals surface area contributed by atoms with Crippen molar-refractivity contribution in [2.45, 2.75) is 51.6 Å². The number of guanidine groups is 1. The second-order valence-electron chi connectivity index (χ2n) is 8.36. The monoisotopic (exact) mass is 573 g/mol. The van der Waals surface area contributed by atoms with Gasteiger partial charge < -0.3 is 25.0 Å². The van der Waals surface area contributed by atoms with Gasteiger partial charge in [-0.05, 0) is 70.3 Å². The predicted octanol–water partition coefficient (Wildman–Crippen LogP) is 3.63. The Bertz CT molecular complexity index is 732. The summed E-state index contributed by atoms with van der Waals surface area (Å²) in [6.07, 6.45) is 4.05. The normalized spacial score (nSPS) is 18.4. The summed E-state index contributed by atoms with van der Waals surface area (Å²) in [5.74, 6) is 1.72. The Morgan fingerprint density at radius 1 is 1.12 bits per heavy atom. The number of likely N-dealkylation sites (tertiary alicyclic amines) is 2. The standard InChI is InChI=1S/C24H39N5O3.HI/c1-4-25-23(27-20-12-16-29(17-13-20)24(30)32-5-2)26-18-22(28-14-6-7-15-28)19-8-10-21(31-3)11-9-19;/h8-11,20,22H,4-7,12-18H2,1-3H3,(H2,25,26,27);1H. The van der Waals surface area contributed by atoms with Gasteiger partial charge in [-0.15, -0.1) is 24.0 Å². The molecule has 186 valence electrons. The van der Waals surface area contributed by atoms with Gasteiger partial charge in [0.25, 0.3) is 0 Å². The first kappa shape index (κ1) is 27.5. The van der Waals surface area contributed by atoms with Crippen LogP contribution < -0.4 is 15.4 Å². The van der Waals surface area contributed by atoms with Crippen molar-refractivity contribution in [3.63, 3.8) is 0 Å². The van der Waals surface area contributed by atoms with Crippen molar-refractivity contribution in [3.05, 3.63) is 29.8 Å². The van der Waals surface area contributed by atoms with Crippen LogP contribution in [0.15, 0.2) is 29.3 Å². The molecular formula is C24H40IN5O3. The zero-order valence-corrected chi connectivity index (χ0v) is 22.5. The number of piperidine rings is 1. The maximum absolute atomic E-state index is 11.9. The minimum Gasteiger partial charge on any atom is -0.497 e. The molecule has 1 unspecified atom stereocenters. The first-order valence-corrected chi connectivity index (χ1v) is 12.0. The molecule has 0 radical (unpaired) electrons. The third-order valence-corrected chi connectivity index (χ3v) is 6.21. The maximum atomic E-state index is 11.9. The third kappa shape index (κ3) is 8.20. The number of nitrogens with one attached hydrogen (secondary N) is 2. The van der Waals surface area contributed by atoms with E-state index in [0.29, 0.717) is 32.3 Å². The molecule has 2 aliphatic rings. The number of hydrogen-bond acceptors (Lipinski definition) is 5. The molecule has 0 aromatic heterocycles. The first-order chi connectivity index (χ1) is 15.6. The lowest BCUT2D eigenvalue weighted by Crippen LogP contribution is -2.50. The summed E-state index contributed by atoms with van der Waals surface area (Å²) in [5.41, 5.74) is 1.27. The van der Waals surface area contributed by atoms with Crippen LogP contribution in [0.25, 0.3) is 0 Å². The fourth-order valence-electron chi connectivity index (χ4n) is 4.42. The molecule has 2 aliphatic heterocycles. The van der Waals surface area contributed by atoms with Crippen LogP contribution in [0.2, 0.25) is 0 Å². The summed E-state index contributed by atoms with van der Waals surface area (Å²) < 4.78 is 10.5. The Balaban J connectivity index is 0.00000385. The van der Waals surface area contributed by atoms with Crippen LogP contribution in [0.3, 0.4) is 0 Å². The zero-order chi connectivity index (χ0) is 22.8. The molecule has 2 saturated heterocycles. The second kappa shape index (κ2) is 14.5. The Labute approximate surface area is 215 Å². The molecule has 1 atom stereocenters. The van der Waals surface area contributed by atoms with Crippen LogP contribution in [0.4, 0.5) is 4.79 Å². The van der Waals surface area contributed by atoms with E-state index in [9.17, 15) is 4.79 Å². The van der Waals surface area contributed by atoms with Gasteiger partial charge in [-0.1, -0.05) is 12.1 Å². The third-order valence-electron chi connectivity index (χ3n) is 6.21. The summed E-state index contributed by atoms with van der Waals surface area (Å²) >= 11 is 0. The fraction of sp³-hybridized carbons (Fsp3) is 0.667. The molecule has 1 aromatic carbocycles. The highest BCUT2D eigenvalue weighted by Crippen LogP contribution is 2.27. The number of amides is 1. The summed E-state index contributed by atoms with van der Waals surface area (Å²) in [5, 5.41) is 6.98. The van der Waals surface area contributed by atoms with Gasteiger partial charge in [0, 0.05) is 25.7 Å². The average molecular weight is 574 g/mol. The topological polar surface area (TPSA) is 78.4 Å². The van der Waals surface area contributed by atoms with Gasteiger partial charge >= 0.3 is 6.09 Å². The van der Waals surface area contributed by atoms with Gasteiger partial charge in [-0.25, -0.2) is 4.79 Å². The Kier molecular flexibility index (Phi) is 12.1. The number of nitrogens with zero attached hydrogens (tertiary/aromatic N) is 3. The number of rotatable bonds is 8. The molecule has 2 N–H and O–H groups in total. The number of hydrogen-bond donors (Lipinski definition) is 2. The van der Waals surface area contributed by atoms with Crippen LogP contribution >= 0.6 is 24.0 Å². The van der Waals surface area contributed by atoms with Gasteiger partial charge in [0.15, 0.2) is 5.96 Å². The largest absolute Gasteiger partial charge is 0.497 e. The minimum atomic E-state index is -0.209. The number of methoxy groups -OCH3 is 1. The lowest BCUT2D eigenvalue weighted by molar-refractivity contribution is 0.0963. The van der Waals surface area contributed by atoms with Crippen molar-refractivity contribution in [2.75, 3.05) is 53.0 Å². The highest BCUT2D eigenvalue weighted by atomic mass is 127. The van der Waals surface area contributed by atoms with Crippen molar-refractivity contribution in [2.24, 2.45) is 4.99 Å². The summed E-state index contributed by atoms with van der Waals surface area (Å²) in [4.78, 5) is 21.2. The molecule has 2 fully saturated rings. The van der Waals surface area contributed by atoms with Crippen molar-refractivity contribution in [1.29, 1.82) is 0 Å². The number of halogens is 1. The quantitative estimate of drug-likeness (QED) is 0.281. The molecule has 8 nitrogen and oxygen atoms in total. The van der Waals surface area contributed by atoms with E-state index in [1.165, 1.54) is 18.4 Å². The van der Waals surface area contributed by atoms with E-state index < -0.39 is 0 Å². The van der Waals surface area contributed by atoms with Gasteiger partial charge in [-0.3, -0.25) is 9.89 Å². The Morgan fingerprint density at radius 3 is 2.36 bits per heavy atom. The van der Waals surface area contributed by atoms with E-state index in [-0.39, 0.29) is 36.1 Å². The summed E-state index contributed by atoms with van der Waals surface area (Å²) in [7, 11) is 1.70. The number of benzene rings is 1. The molecule has 1 aromatic rings. The van der Waals surface area contributed by atoms with Crippen LogP contribution in [0.1, 0.15) is 51.1 Å². The van der Waals surface area contributed by atoms with Gasteiger partial charge in [-0.2, -0.15) is 0 Å². The molecule has 0 saturated carbocycles. The van der Waals surface area contributed by atoms with E-state index in [4.69, 9.17) is 14.5 Å². The van der Waals surface area contributed by atoms with Crippen molar-refractivity contribution < 1.29 is 14.3 Å². The van der Waals surface area contributed by atoms with Crippen LogP contribution in [0, 0.1) is 0 Å². The molecule has 1 amide bonds. The van der Waals surface area contributed by atoms with E-state index >= 15 is 0 Å². The highest BCUT2D eigenvalue weighted by Gasteiger charge is 2.26. The van der Waals surface area contributed by atoms with Gasteiger partial charge in [0.1, 0.15) is 5.75 Å². The lowest BCUT2D eigenvalue weighted by Gasteiger charge is -2.32. The number of carbonyl (C=O) groups excluding carboxylic acids is 1. The van der Waals surface area contributed by atoms with E-state index in [2.05, 4.69) is 34.6 Å². The molecule has 9 heteroatoms. The molecule has 0 bridgehead atoms. The Morgan fingerprint density at radius 2 is 1.79 bits per heavy atom. The Hall–Kier alpha value is -1.75. The lowest BCUT2D eigenvalue weighted by atomic mass is 10.1. The minimum absolute atomic E-state index is 0. The van der Waals surface area contributed by atoms with E-state index in [1.54, 1.807) is 12.0 Å².